The molecule has 0 spiro atoms. The number of amides is 1. The van der Waals surface area contributed by atoms with Crippen molar-refractivity contribution in [1.82, 2.24) is 9.99 Å². The normalized spacial score (nSPS) is 26.0. The second kappa shape index (κ2) is 8.00. The largest absolute Gasteiger partial charge is 0.330 e. The highest BCUT2D eigenvalue weighted by atomic mass is 16.2. The number of hydrogen-bond acceptors (Lipinski definition) is 5. The predicted molar refractivity (Wildman–Crippen MR) is 119 cm³/mol. The van der Waals surface area contributed by atoms with E-state index in [1.807, 2.05) is 36.1 Å². The molecule has 30 heavy (non-hydrogen) atoms. The minimum absolute atomic E-state index is 0.0996. The number of carbonyl (C=O) groups is 1. The number of fused-ring (bicyclic) bond motifs is 2. The van der Waals surface area contributed by atoms with E-state index in [9.17, 15) is 4.79 Å². The SMILES string of the molecule is Cc1ccccc1N1Cc2ccc(NN3CC4CCCC4C3)nc2C(CCN)C1=O. The molecule has 1 amide bonds. The Morgan fingerprint density at radius 1 is 1.13 bits per heavy atom. The number of pyridine rings is 1. The van der Waals surface area contributed by atoms with Crippen molar-refractivity contribution in [2.45, 2.75) is 45.1 Å². The third-order valence-electron chi connectivity index (χ3n) is 7.10. The van der Waals surface area contributed by atoms with Gasteiger partial charge in [-0.25, -0.2) is 9.99 Å². The van der Waals surface area contributed by atoms with Gasteiger partial charge in [0.25, 0.3) is 0 Å². The number of nitrogens with zero attached hydrogens (tertiary/aromatic N) is 3. The summed E-state index contributed by atoms with van der Waals surface area (Å²) in [4.78, 5) is 20.2. The van der Waals surface area contributed by atoms with Crippen LogP contribution in [-0.4, -0.2) is 35.5 Å². The van der Waals surface area contributed by atoms with E-state index >= 15 is 0 Å². The molecule has 1 saturated heterocycles. The first-order valence-electron chi connectivity index (χ1n) is 11.2. The monoisotopic (exact) mass is 405 g/mol. The van der Waals surface area contributed by atoms with E-state index in [0.29, 0.717) is 19.5 Å². The van der Waals surface area contributed by atoms with Gasteiger partial charge in [0, 0.05) is 18.8 Å². The fraction of sp³-hybridized carbons (Fsp3) is 0.500. The van der Waals surface area contributed by atoms with Gasteiger partial charge in [0.05, 0.1) is 18.2 Å². The van der Waals surface area contributed by atoms with Crippen molar-refractivity contribution in [3.63, 3.8) is 0 Å². The minimum Gasteiger partial charge on any atom is -0.330 e. The number of anilines is 2. The Bertz CT molecular complexity index is 933. The fourth-order valence-corrected chi connectivity index (χ4v) is 5.54. The highest BCUT2D eigenvalue weighted by Crippen LogP contribution is 2.38. The van der Waals surface area contributed by atoms with Crippen LogP contribution >= 0.6 is 0 Å². The first kappa shape index (κ1) is 19.5. The zero-order valence-electron chi connectivity index (χ0n) is 17.7. The van der Waals surface area contributed by atoms with Crippen LogP contribution < -0.4 is 16.1 Å². The molecule has 0 radical (unpaired) electrons. The van der Waals surface area contributed by atoms with Gasteiger partial charge in [0.2, 0.25) is 5.91 Å². The van der Waals surface area contributed by atoms with Gasteiger partial charge in [-0.1, -0.05) is 30.7 Å². The molecule has 3 atom stereocenters. The number of para-hydroxylation sites is 1. The molecule has 3 heterocycles. The summed E-state index contributed by atoms with van der Waals surface area (Å²) in [5.41, 5.74) is 13.5. The lowest BCUT2D eigenvalue weighted by Crippen LogP contribution is -2.41. The van der Waals surface area contributed by atoms with E-state index in [4.69, 9.17) is 10.7 Å². The molecular formula is C24H31N5O. The molecule has 1 aromatic carbocycles. The van der Waals surface area contributed by atoms with Gasteiger partial charge in [-0.3, -0.25) is 4.79 Å². The summed E-state index contributed by atoms with van der Waals surface area (Å²) in [5, 5.41) is 2.31. The number of nitrogens with one attached hydrogen (secondary N) is 1. The Labute approximate surface area is 178 Å². The van der Waals surface area contributed by atoms with Gasteiger partial charge in [-0.15, -0.1) is 0 Å². The molecule has 3 N–H and O–H groups in total. The van der Waals surface area contributed by atoms with Crippen LogP contribution in [0.4, 0.5) is 11.5 Å². The highest BCUT2D eigenvalue weighted by molar-refractivity contribution is 6.00. The quantitative estimate of drug-likeness (QED) is 0.797. The molecule has 3 unspecified atom stereocenters. The fourth-order valence-electron chi connectivity index (χ4n) is 5.54. The molecule has 3 aliphatic rings. The Morgan fingerprint density at radius 3 is 2.63 bits per heavy atom. The van der Waals surface area contributed by atoms with Crippen molar-refractivity contribution in [2.75, 3.05) is 30.0 Å². The smallest absolute Gasteiger partial charge is 0.236 e. The first-order chi connectivity index (χ1) is 14.6. The second-order valence-electron chi connectivity index (χ2n) is 9.05. The third-order valence-corrected chi connectivity index (χ3v) is 7.10. The highest BCUT2D eigenvalue weighted by Gasteiger charge is 2.37. The van der Waals surface area contributed by atoms with Gasteiger partial charge < -0.3 is 16.1 Å². The zero-order chi connectivity index (χ0) is 20.7. The Morgan fingerprint density at radius 2 is 1.90 bits per heavy atom. The van der Waals surface area contributed by atoms with Gasteiger partial charge in [0.15, 0.2) is 0 Å². The van der Waals surface area contributed by atoms with E-state index in [1.54, 1.807) is 0 Å². The minimum atomic E-state index is -0.293. The van der Waals surface area contributed by atoms with Crippen LogP contribution in [0.25, 0.3) is 0 Å². The molecule has 2 fully saturated rings. The van der Waals surface area contributed by atoms with Crippen LogP contribution in [0, 0.1) is 18.8 Å². The van der Waals surface area contributed by atoms with E-state index in [2.05, 4.69) is 22.6 Å². The van der Waals surface area contributed by atoms with Crippen LogP contribution in [0.2, 0.25) is 0 Å². The summed E-state index contributed by atoms with van der Waals surface area (Å²) >= 11 is 0. The number of hydrogen-bond donors (Lipinski definition) is 2. The lowest BCUT2D eigenvalue weighted by Gasteiger charge is -2.34. The zero-order valence-corrected chi connectivity index (χ0v) is 17.7. The van der Waals surface area contributed by atoms with Crippen LogP contribution in [-0.2, 0) is 11.3 Å². The lowest BCUT2D eigenvalue weighted by atomic mass is 9.90. The van der Waals surface area contributed by atoms with Gasteiger partial charge >= 0.3 is 0 Å². The molecule has 2 aliphatic heterocycles. The maximum absolute atomic E-state index is 13.4. The van der Waals surface area contributed by atoms with E-state index in [1.165, 1.54) is 19.3 Å². The average Bonchev–Trinajstić information content (AvgIpc) is 3.32. The molecule has 6 nitrogen and oxygen atoms in total. The van der Waals surface area contributed by atoms with Gasteiger partial charge in [-0.05, 0) is 67.8 Å². The standard InChI is InChI=1S/C24H31N5O/c1-16-5-2-3-8-21(16)29-15-19-9-10-22(26-23(19)20(11-12-25)24(29)30)27-28-13-17-6-4-7-18(17)14-28/h2-3,5,8-10,17-18,20H,4,6-7,11-15,25H2,1H3,(H,26,27). The number of aryl methyl sites for hydroxylation is 1. The Hall–Kier alpha value is -2.44. The molecule has 6 heteroatoms. The summed E-state index contributed by atoms with van der Waals surface area (Å²) in [6, 6.07) is 12.2. The van der Waals surface area contributed by atoms with Crippen LogP contribution in [0.1, 0.15) is 48.4 Å². The van der Waals surface area contributed by atoms with Crippen molar-refractivity contribution in [2.24, 2.45) is 17.6 Å². The van der Waals surface area contributed by atoms with Gasteiger partial charge in [0.1, 0.15) is 5.82 Å². The summed E-state index contributed by atoms with van der Waals surface area (Å²) in [6.45, 7) is 5.26. The number of carbonyl (C=O) groups excluding carboxylic acids is 1. The Kier molecular flexibility index (Phi) is 5.21. The summed E-state index contributed by atoms with van der Waals surface area (Å²) < 4.78 is 0. The van der Waals surface area contributed by atoms with Crippen LogP contribution in [0.3, 0.4) is 0 Å². The van der Waals surface area contributed by atoms with Crippen molar-refractivity contribution < 1.29 is 4.79 Å². The van der Waals surface area contributed by atoms with Crippen molar-refractivity contribution in [1.29, 1.82) is 0 Å². The third kappa shape index (κ3) is 3.48. The first-order valence-corrected chi connectivity index (χ1v) is 11.2. The number of rotatable bonds is 5. The maximum atomic E-state index is 13.4. The maximum Gasteiger partial charge on any atom is 0.236 e. The molecule has 158 valence electrons. The van der Waals surface area contributed by atoms with Crippen LogP contribution in [0.15, 0.2) is 36.4 Å². The number of aromatic nitrogens is 1. The van der Waals surface area contributed by atoms with Crippen LogP contribution in [0.5, 0.6) is 0 Å². The molecule has 5 rings (SSSR count). The summed E-state index contributed by atoms with van der Waals surface area (Å²) in [5.74, 6) is 2.29. The number of nitrogens with two attached hydrogens (primary N) is 1. The number of benzene rings is 1. The molecule has 1 aliphatic carbocycles. The molecule has 0 bridgehead atoms. The molecule has 1 saturated carbocycles. The molecule has 1 aromatic heterocycles. The van der Waals surface area contributed by atoms with E-state index in [0.717, 1.165) is 53.3 Å². The van der Waals surface area contributed by atoms with E-state index < -0.39 is 0 Å². The lowest BCUT2D eigenvalue weighted by molar-refractivity contribution is -0.120. The predicted octanol–water partition coefficient (Wildman–Crippen LogP) is 3.43. The van der Waals surface area contributed by atoms with Crippen molar-refractivity contribution >= 4 is 17.4 Å². The van der Waals surface area contributed by atoms with Crippen molar-refractivity contribution in [3.8, 4) is 0 Å². The van der Waals surface area contributed by atoms with Crippen molar-refractivity contribution in [3.05, 3.63) is 53.2 Å². The second-order valence-corrected chi connectivity index (χ2v) is 9.05. The average molecular weight is 406 g/mol. The summed E-state index contributed by atoms with van der Waals surface area (Å²) in [7, 11) is 0. The van der Waals surface area contributed by atoms with E-state index in [-0.39, 0.29) is 11.8 Å². The molecular weight excluding hydrogens is 374 g/mol. The number of hydrazine groups is 1. The Balaban J connectivity index is 1.41. The summed E-state index contributed by atoms with van der Waals surface area (Å²) in [6.07, 6.45) is 4.68. The topological polar surface area (TPSA) is 74.5 Å². The molecule has 2 aromatic rings. The van der Waals surface area contributed by atoms with Gasteiger partial charge in [-0.2, -0.15) is 0 Å².